The lowest BCUT2D eigenvalue weighted by molar-refractivity contribution is -0.384. The van der Waals surface area contributed by atoms with Crippen molar-refractivity contribution in [3.63, 3.8) is 0 Å². The highest BCUT2D eigenvalue weighted by atomic mass is 16.6. The minimum absolute atomic E-state index is 0.168. The molecule has 0 radical (unpaired) electrons. The van der Waals surface area contributed by atoms with E-state index in [1.165, 1.54) is 32.4 Å². The fraction of sp³-hybridized carbons (Fsp3) is 0.571. The SMILES string of the molecule is O=[N+]([O-])c1ccc(N2CCCN3CCCC3C2)cc1. The van der Waals surface area contributed by atoms with Crippen LogP contribution in [0.1, 0.15) is 19.3 Å². The van der Waals surface area contributed by atoms with Crippen molar-refractivity contribution in [3.8, 4) is 0 Å². The number of benzene rings is 1. The molecule has 0 N–H and O–H groups in total. The number of nitrogens with zero attached hydrogens (tertiary/aromatic N) is 3. The van der Waals surface area contributed by atoms with Crippen LogP contribution in [-0.4, -0.2) is 42.0 Å². The second-order valence-corrected chi connectivity index (χ2v) is 5.41. The first-order valence-electron chi connectivity index (χ1n) is 6.97. The number of rotatable bonds is 2. The summed E-state index contributed by atoms with van der Waals surface area (Å²) in [7, 11) is 0. The Morgan fingerprint density at radius 2 is 1.84 bits per heavy atom. The van der Waals surface area contributed by atoms with Gasteiger partial charge in [0, 0.05) is 43.5 Å². The molecule has 0 spiro atoms. The Hall–Kier alpha value is -1.62. The van der Waals surface area contributed by atoms with Crippen molar-refractivity contribution in [1.29, 1.82) is 0 Å². The molecule has 0 saturated carbocycles. The monoisotopic (exact) mass is 261 g/mol. The van der Waals surface area contributed by atoms with Gasteiger partial charge in [-0.1, -0.05) is 0 Å². The van der Waals surface area contributed by atoms with Crippen LogP contribution in [0.5, 0.6) is 0 Å². The van der Waals surface area contributed by atoms with E-state index in [4.69, 9.17) is 0 Å². The van der Waals surface area contributed by atoms with E-state index in [1.54, 1.807) is 12.1 Å². The summed E-state index contributed by atoms with van der Waals surface area (Å²) in [6.45, 7) is 4.52. The Morgan fingerprint density at radius 3 is 2.58 bits per heavy atom. The van der Waals surface area contributed by atoms with E-state index in [2.05, 4.69) is 9.80 Å². The van der Waals surface area contributed by atoms with Gasteiger partial charge in [-0.25, -0.2) is 0 Å². The van der Waals surface area contributed by atoms with Crippen molar-refractivity contribution in [3.05, 3.63) is 34.4 Å². The van der Waals surface area contributed by atoms with Crippen LogP contribution in [0, 0.1) is 10.1 Å². The lowest BCUT2D eigenvalue weighted by atomic mass is 10.2. The van der Waals surface area contributed by atoms with E-state index in [9.17, 15) is 10.1 Å². The topological polar surface area (TPSA) is 49.6 Å². The maximum absolute atomic E-state index is 10.7. The summed E-state index contributed by atoms with van der Waals surface area (Å²) in [6, 6.07) is 7.63. The van der Waals surface area contributed by atoms with Crippen molar-refractivity contribution in [2.75, 3.05) is 31.1 Å². The molecule has 102 valence electrons. The van der Waals surface area contributed by atoms with Gasteiger partial charge in [-0.2, -0.15) is 0 Å². The van der Waals surface area contributed by atoms with E-state index in [0.29, 0.717) is 6.04 Å². The molecule has 1 aromatic rings. The third kappa shape index (κ3) is 2.56. The second-order valence-electron chi connectivity index (χ2n) is 5.41. The molecule has 2 fully saturated rings. The molecule has 1 unspecified atom stereocenters. The van der Waals surface area contributed by atoms with E-state index in [0.717, 1.165) is 18.8 Å². The Morgan fingerprint density at radius 1 is 1.11 bits per heavy atom. The highest BCUT2D eigenvalue weighted by Gasteiger charge is 2.28. The number of hydrogen-bond acceptors (Lipinski definition) is 4. The molecule has 19 heavy (non-hydrogen) atoms. The number of nitro groups is 1. The van der Waals surface area contributed by atoms with Crippen LogP contribution >= 0.6 is 0 Å². The molecule has 2 heterocycles. The molecule has 0 aliphatic carbocycles. The van der Waals surface area contributed by atoms with Crippen molar-refractivity contribution < 1.29 is 4.92 Å². The third-order valence-corrected chi connectivity index (χ3v) is 4.23. The van der Waals surface area contributed by atoms with Crippen LogP contribution in [0.3, 0.4) is 0 Å². The van der Waals surface area contributed by atoms with Gasteiger partial charge in [0.25, 0.3) is 5.69 Å². The molecular weight excluding hydrogens is 242 g/mol. The predicted molar refractivity (Wildman–Crippen MR) is 74.5 cm³/mol. The first-order valence-corrected chi connectivity index (χ1v) is 6.97. The Kier molecular flexibility index (Phi) is 3.38. The Bertz CT molecular complexity index is 460. The summed E-state index contributed by atoms with van der Waals surface area (Å²) in [4.78, 5) is 15.3. The maximum atomic E-state index is 10.7. The van der Waals surface area contributed by atoms with Crippen LogP contribution in [-0.2, 0) is 0 Å². The summed E-state index contributed by atoms with van der Waals surface area (Å²) >= 11 is 0. The van der Waals surface area contributed by atoms with Gasteiger partial charge >= 0.3 is 0 Å². The van der Waals surface area contributed by atoms with Crippen molar-refractivity contribution >= 4 is 11.4 Å². The van der Waals surface area contributed by atoms with Gasteiger partial charge in [0.15, 0.2) is 0 Å². The molecule has 0 bridgehead atoms. The molecular formula is C14H19N3O2. The summed E-state index contributed by atoms with van der Waals surface area (Å²) in [5.41, 5.74) is 1.28. The number of fused-ring (bicyclic) bond motifs is 1. The summed E-state index contributed by atoms with van der Waals surface area (Å²) in [5, 5.41) is 10.7. The lowest BCUT2D eigenvalue weighted by Crippen LogP contribution is -2.36. The van der Waals surface area contributed by atoms with Gasteiger partial charge < -0.3 is 4.90 Å². The molecule has 5 heteroatoms. The van der Waals surface area contributed by atoms with Crippen LogP contribution in [0.2, 0.25) is 0 Å². The average molecular weight is 261 g/mol. The zero-order chi connectivity index (χ0) is 13.2. The standard InChI is InChI=1S/C14H19N3O2/c18-17(19)13-6-4-12(5-7-13)16-10-2-9-15-8-1-3-14(15)11-16/h4-7,14H,1-3,8-11H2. The number of hydrogen-bond donors (Lipinski definition) is 0. The maximum Gasteiger partial charge on any atom is 0.269 e. The number of nitro benzene ring substituents is 1. The molecule has 2 aliphatic heterocycles. The highest BCUT2D eigenvalue weighted by molar-refractivity contribution is 5.51. The number of anilines is 1. The smallest absolute Gasteiger partial charge is 0.269 e. The van der Waals surface area contributed by atoms with Crippen LogP contribution in [0.25, 0.3) is 0 Å². The normalized spacial score (nSPS) is 24.0. The fourth-order valence-corrected chi connectivity index (χ4v) is 3.23. The Balaban J connectivity index is 1.75. The minimum Gasteiger partial charge on any atom is -0.370 e. The van der Waals surface area contributed by atoms with Crippen molar-refractivity contribution in [2.24, 2.45) is 0 Å². The van der Waals surface area contributed by atoms with Crippen molar-refractivity contribution in [1.82, 2.24) is 4.90 Å². The van der Waals surface area contributed by atoms with E-state index in [1.807, 2.05) is 12.1 Å². The molecule has 1 atom stereocenters. The molecule has 2 aliphatic rings. The van der Waals surface area contributed by atoms with Crippen LogP contribution < -0.4 is 4.90 Å². The number of non-ortho nitro benzene ring substituents is 1. The molecule has 5 nitrogen and oxygen atoms in total. The Labute approximate surface area is 113 Å². The van der Waals surface area contributed by atoms with E-state index in [-0.39, 0.29) is 10.6 Å². The summed E-state index contributed by atoms with van der Waals surface area (Å²) in [6.07, 6.45) is 3.76. The second kappa shape index (κ2) is 5.17. The summed E-state index contributed by atoms with van der Waals surface area (Å²) in [5.74, 6) is 0. The molecule has 1 aromatic carbocycles. The largest absolute Gasteiger partial charge is 0.370 e. The first kappa shape index (κ1) is 12.4. The summed E-state index contributed by atoms with van der Waals surface area (Å²) < 4.78 is 0. The van der Waals surface area contributed by atoms with Gasteiger partial charge in [-0.3, -0.25) is 15.0 Å². The van der Waals surface area contributed by atoms with Gasteiger partial charge in [-0.15, -0.1) is 0 Å². The third-order valence-electron chi connectivity index (χ3n) is 4.23. The zero-order valence-electron chi connectivity index (χ0n) is 11.0. The highest BCUT2D eigenvalue weighted by Crippen LogP contribution is 2.26. The van der Waals surface area contributed by atoms with Gasteiger partial charge in [0.05, 0.1) is 4.92 Å². The molecule has 3 rings (SSSR count). The van der Waals surface area contributed by atoms with Crippen molar-refractivity contribution in [2.45, 2.75) is 25.3 Å². The van der Waals surface area contributed by atoms with E-state index < -0.39 is 0 Å². The molecule has 0 aromatic heterocycles. The van der Waals surface area contributed by atoms with Gasteiger partial charge in [-0.05, 0) is 37.9 Å². The lowest BCUT2D eigenvalue weighted by Gasteiger charge is -2.27. The van der Waals surface area contributed by atoms with Crippen LogP contribution in [0.4, 0.5) is 11.4 Å². The quantitative estimate of drug-likeness (QED) is 0.605. The molecule has 0 amide bonds. The zero-order valence-corrected chi connectivity index (χ0v) is 11.0. The first-order chi connectivity index (χ1) is 9.24. The predicted octanol–water partition coefficient (Wildman–Crippen LogP) is 2.27. The van der Waals surface area contributed by atoms with E-state index >= 15 is 0 Å². The van der Waals surface area contributed by atoms with Gasteiger partial charge in [0.1, 0.15) is 0 Å². The molecule has 2 saturated heterocycles. The average Bonchev–Trinajstić information content (AvgIpc) is 2.76. The minimum atomic E-state index is -0.342. The van der Waals surface area contributed by atoms with Gasteiger partial charge in [0.2, 0.25) is 0 Å². The van der Waals surface area contributed by atoms with Crippen LogP contribution in [0.15, 0.2) is 24.3 Å². The fourth-order valence-electron chi connectivity index (χ4n) is 3.23.